The number of rotatable bonds is 5. The monoisotopic (exact) mass is 747 g/mol. The number of aryl methyl sites for hydroxylation is 1. The Morgan fingerprint density at radius 1 is 0.968 bits per heavy atom. The Kier molecular flexibility index (Phi) is 7.32. The van der Waals surface area contributed by atoms with Crippen molar-refractivity contribution in [3.8, 4) is 5.75 Å². The van der Waals surface area contributed by atoms with Gasteiger partial charge in [-0.25, -0.2) is 9.79 Å². The summed E-state index contributed by atoms with van der Waals surface area (Å²) in [5.74, 6) is 0.717. The van der Waals surface area contributed by atoms with Crippen molar-refractivity contribution in [2.75, 3.05) is 0 Å². The first kappa shape index (κ1) is 22.7. The van der Waals surface area contributed by atoms with Crippen LogP contribution in [-0.4, -0.2) is 11.9 Å². The molecule has 4 rings (SSSR count). The van der Waals surface area contributed by atoms with Crippen molar-refractivity contribution in [2.24, 2.45) is 4.99 Å². The summed E-state index contributed by atoms with van der Waals surface area (Å²) in [5, 5.41) is 0. The molecule has 0 aliphatic carbocycles. The van der Waals surface area contributed by atoms with Crippen LogP contribution in [0, 0.1) is 17.6 Å². The SMILES string of the molecule is Cc1ccc(COc2c(I)cc(/C=C3\N=C(c4ccc(I)cc4)OC3=O)cc2I)cc1. The molecule has 7 heteroatoms. The van der Waals surface area contributed by atoms with Crippen molar-refractivity contribution in [2.45, 2.75) is 13.5 Å². The van der Waals surface area contributed by atoms with E-state index >= 15 is 0 Å². The van der Waals surface area contributed by atoms with E-state index in [1.54, 1.807) is 6.08 Å². The van der Waals surface area contributed by atoms with Crippen LogP contribution in [0.4, 0.5) is 0 Å². The van der Waals surface area contributed by atoms with Crippen LogP contribution in [0.25, 0.3) is 6.08 Å². The average Bonchev–Trinajstić information content (AvgIpc) is 3.09. The molecule has 31 heavy (non-hydrogen) atoms. The van der Waals surface area contributed by atoms with Crippen LogP contribution >= 0.6 is 67.8 Å². The zero-order valence-electron chi connectivity index (χ0n) is 16.4. The molecular formula is C24H16I3NO3. The minimum atomic E-state index is -0.446. The van der Waals surface area contributed by atoms with Gasteiger partial charge < -0.3 is 9.47 Å². The molecule has 0 aromatic heterocycles. The third-order valence-corrected chi connectivity index (χ3v) is 6.86. The Hall–Kier alpha value is -1.47. The van der Waals surface area contributed by atoms with Crippen LogP contribution < -0.4 is 4.74 Å². The van der Waals surface area contributed by atoms with Gasteiger partial charge in [-0.2, -0.15) is 0 Å². The highest BCUT2D eigenvalue weighted by molar-refractivity contribution is 14.1. The van der Waals surface area contributed by atoms with Crippen molar-refractivity contribution in [3.05, 3.63) is 99.3 Å². The maximum Gasteiger partial charge on any atom is 0.363 e. The van der Waals surface area contributed by atoms with Crippen LogP contribution in [0.1, 0.15) is 22.3 Å². The standard InChI is InChI=1S/C24H16I3NO3/c1-14-2-4-15(5-3-14)13-30-22-19(26)10-16(11-20(22)27)12-21-24(29)31-23(28-21)17-6-8-18(25)9-7-17/h2-12H,13H2,1H3/b21-12-. The van der Waals surface area contributed by atoms with Gasteiger partial charge in [-0.1, -0.05) is 29.8 Å². The fourth-order valence-electron chi connectivity index (χ4n) is 2.92. The van der Waals surface area contributed by atoms with Crippen molar-refractivity contribution < 1.29 is 14.3 Å². The van der Waals surface area contributed by atoms with Crippen LogP contribution in [0.2, 0.25) is 0 Å². The molecule has 0 saturated heterocycles. The molecule has 0 atom stereocenters. The van der Waals surface area contributed by atoms with E-state index in [2.05, 4.69) is 104 Å². The number of carbonyl (C=O) groups is 1. The molecule has 3 aromatic carbocycles. The first-order chi connectivity index (χ1) is 14.9. The normalized spacial score (nSPS) is 14.5. The van der Waals surface area contributed by atoms with Gasteiger partial charge in [0.05, 0.1) is 7.14 Å². The summed E-state index contributed by atoms with van der Waals surface area (Å²) < 4.78 is 14.5. The Balaban J connectivity index is 1.54. The highest BCUT2D eigenvalue weighted by atomic mass is 127. The molecule has 0 bridgehead atoms. The second-order valence-electron chi connectivity index (χ2n) is 6.93. The predicted octanol–water partition coefficient (Wildman–Crippen LogP) is 6.73. The summed E-state index contributed by atoms with van der Waals surface area (Å²) in [5.41, 5.74) is 4.28. The molecule has 0 fully saturated rings. The second kappa shape index (κ2) is 9.99. The van der Waals surface area contributed by atoms with E-state index in [-0.39, 0.29) is 5.70 Å². The Bertz CT molecular complexity index is 1180. The topological polar surface area (TPSA) is 47.9 Å². The molecule has 156 valence electrons. The van der Waals surface area contributed by atoms with Crippen molar-refractivity contribution in [3.63, 3.8) is 0 Å². The fraction of sp³-hybridized carbons (Fsp3) is 0.0833. The molecule has 0 N–H and O–H groups in total. The van der Waals surface area contributed by atoms with Gasteiger partial charge in [-0.05, 0) is 128 Å². The number of aliphatic imine (C=N–C) groups is 1. The summed E-state index contributed by atoms with van der Waals surface area (Å²) in [6.07, 6.45) is 1.75. The molecule has 0 radical (unpaired) electrons. The van der Waals surface area contributed by atoms with Crippen LogP contribution in [0.5, 0.6) is 5.75 Å². The van der Waals surface area contributed by atoms with Gasteiger partial charge in [-0.3, -0.25) is 0 Å². The summed E-state index contributed by atoms with van der Waals surface area (Å²) in [4.78, 5) is 16.7. The number of hydrogen-bond acceptors (Lipinski definition) is 4. The van der Waals surface area contributed by atoms with Crippen molar-refractivity contribution >= 4 is 85.7 Å². The van der Waals surface area contributed by atoms with Crippen molar-refractivity contribution in [1.29, 1.82) is 0 Å². The lowest BCUT2D eigenvalue weighted by Crippen LogP contribution is -2.05. The Labute approximate surface area is 221 Å². The lowest BCUT2D eigenvalue weighted by molar-refractivity contribution is -0.129. The fourth-order valence-corrected chi connectivity index (χ4v) is 5.41. The molecule has 1 aliphatic rings. The highest BCUT2D eigenvalue weighted by Gasteiger charge is 2.24. The zero-order valence-corrected chi connectivity index (χ0v) is 22.8. The summed E-state index contributed by atoms with van der Waals surface area (Å²) in [7, 11) is 0. The molecule has 0 saturated carbocycles. The minimum absolute atomic E-state index is 0.286. The summed E-state index contributed by atoms with van der Waals surface area (Å²) in [6, 6.07) is 19.9. The number of carbonyl (C=O) groups excluding carboxylic acids is 1. The predicted molar refractivity (Wildman–Crippen MR) is 147 cm³/mol. The Morgan fingerprint density at radius 3 is 2.26 bits per heavy atom. The highest BCUT2D eigenvalue weighted by Crippen LogP contribution is 2.31. The summed E-state index contributed by atoms with van der Waals surface area (Å²) in [6.45, 7) is 2.57. The molecule has 3 aromatic rings. The average molecular weight is 747 g/mol. The molecule has 1 aliphatic heterocycles. The van der Waals surface area contributed by atoms with E-state index < -0.39 is 5.97 Å². The first-order valence-electron chi connectivity index (χ1n) is 9.35. The molecule has 4 nitrogen and oxygen atoms in total. The van der Waals surface area contributed by atoms with E-state index in [0.29, 0.717) is 12.5 Å². The first-order valence-corrected chi connectivity index (χ1v) is 12.6. The maximum atomic E-state index is 12.3. The molecule has 0 amide bonds. The van der Waals surface area contributed by atoms with E-state index in [4.69, 9.17) is 9.47 Å². The molecule has 1 heterocycles. The van der Waals surface area contributed by atoms with E-state index in [1.165, 1.54) is 5.56 Å². The van der Waals surface area contributed by atoms with Gasteiger partial charge in [0.1, 0.15) is 12.4 Å². The van der Waals surface area contributed by atoms with Crippen LogP contribution in [-0.2, 0) is 16.1 Å². The van der Waals surface area contributed by atoms with Gasteiger partial charge >= 0.3 is 5.97 Å². The largest absolute Gasteiger partial charge is 0.487 e. The van der Waals surface area contributed by atoms with Crippen LogP contribution in [0.3, 0.4) is 0 Å². The second-order valence-corrected chi connectivity index (χ2v) is 10.5. The number of hydrogen-bond donors (Lipinski definition) is 0. The molecule has 0 unspecified atom stereocenters. The summed E-state index contributed by atoms with van der Waals surface area (Å²) >= 11 is 6.74. The van der Waals surface area contributed by atoms with Crippen molar-refractivity contribution in [1.82, 2.24) is 0 Å². The molecular weight excluding hydrogens is 731 g/mol. The Morgan fingerprint density at radius 2 is 1.61 bits per heavy atom. The van der Waals surface area contributed by atoms with Gasteiger partial charge in [0.2, 0.25) is 5.90 Å². The quantitative estimate of drug-likeness (QED) is 0.165. The number of benzene rings is 3. The van der Waals surface area contributed by atoms with Gasteiger partial charge in [0, 0.05) is 9.13 Å². The number of ether oxygens (including phenoxy) is 2. The third-order valence-electron chi connectivity index (χ3n) is 4.54. The number of nitrogens with zero attached hydrogens (tertiary/aromatic N) is 1. The smallest absolute Gasteiger partial charge is 0.363 e. The number of esters is 1. The molecule has 0 spiro atoms. The number of cyclic esters (lactones) is 1. The van der Waals surface area contributed by atoms with Gasteiger partial charge in [-0.15, -0.1) is 0 Å². The van der Waals surface area contributed by atoms with E-state index in [0.717, 1.165) is 33.2 Å². The lowest BCUT2D eigenvalue weighted by Gasteiger charge is -2.12. The third kappa shape index (κ3) is 5.67. The van der Waals surface area contributed by atoms with Gasteiger partial charge in [0.15, 0.2) is 5.70 Å². The maximum absolute atomic E-state index is 12.3. The number of halogens is 3. The van der Waals surface area contributed by atoms with E-state index in [9.17, 15) is 4.79 Å². The van der Waals surface area contributed by atoms with E-state index in [1.807, 2.05) is 36.4 Å². The minimum Gasteiger partial charge on any atom is -0.487 e. The van der Waals surface area contributed by atoms with Crippen LogP contribution in [0.15, 0.2) is 71.4 Å². The zero-order chi connectivity index (χ0) is 22.0. The lowest BCUT2D eigenvalue weighted by atomic mass is 10.1. The van der Waals surface area contributed by atoms with Gasteiger partial charge in [0.25, 0.3) is 0 Å².